The third-order valence-corrected chi connectivity index (χ3v) is 3.25. The summed E-state index contributed by atoms with van der Waals surface area (Å²) in [6.07, 6.45) is 0. The largest absolute Gasteiger partial charge is 0.468 e. The first-order valence-corrected chi connectivity index (χ1v) is 5.88. The van der Waals surface area contributed by atoms with Gasteiger partial charge >= 0.3 is 5.97 Å². The second-order valence-electron chi connectivity index (χ2n) is 3.32. The number of methoxy groups -OCH3 is 1. The number of carbonyl (C=O) groups excluding carboxylic acids is 1. The molecule has 1 unspecified atom stereocenters. The zero-order chi connectivity index (χ0) is 11.4. The summed E-state index contributed by atoms with van der Waals surface area (Å²) >= 11 is 7.31. The van der Waals surface area contributed by atoms with Gasteiger partial charge in [0.1, 0.15) is 6.04 Å². The summed E-state index contributed by atoms with van der Waals surface area (Å²) in [6.45, 7) is 3.76. The molecule has 15 heavy (non-hydrogen) atoms. The summed E-state index contributed by atoms with van der Waals surface area (Å²) in [4.78, 5) is 11.2. The van der Waals surface area contributed by atoms with Crippen molar-refractivity contribution in [3.05, 3.63) is 21.3 Å². The van der Waals surface area contributed by atoms with E-state index in [1.165, 1.54) is 18.4 Å². The number of ether oxygens (including phenoxy) is 1. The van der Waals surface area contributed by atoms with E-state index >= 15 is 0 Å². The average molecular weight is 248 g/mol. The lowest BCUT2D eigenvalue weighted by Crippen LogP contribution is -2.36. The monoisotopic (exact) mass is 247 g/mol. The fourth-order valence-corrected chi connectivity index (χ4v) is 2.25. The lowest BCUT2D eigenvalue weighted by atomic mass is 10.1. The van der Waals surface area contributed by atoms with Crippen LogP contribution in [0.2, 0.25) is 4.34 Å². The third-order valence-electron chi connectivity index (χ3n) is 2.14. The van der Waals surface area contributed by atoms with Crippen LogP contribution in [-0.4, -0.2) is 19.1 Å². The molecule has 3 nitrogen and oxygen atoms in total. The van der Waals surface area contributed by atoms with Gasteiger partial charge in [0, 0.05) is 6.04 Å². The maximum absolute atomic E-state index is 11.2. The Morgan fingerprint density at radius 2 is 2.27 bits per heavy atom. The molecule has 1 N–H and O–H groups in total. The van der Waals surface area contributed by atoms with Crippen molar-refractivity contribution < 1.29 is 9.53 Å². The molecule has 0 bridgehead atoms. The lowest BCUT2D eigenvalue weighted by molar-refractivity contribution is -0.142. The van der Waals surface area contributed by atoms with Crippen LogP contribution in [-0.2, 0) is 9.53 Å². The summed E-state index contributed by atoms with van der Waals surface area (Å²) in [6, 6.07) is 1.67. The van der Waals surface area contributed by atoms with E-state index in [0.29, 0.717) is 0 Å². The third kappa shape index (κ3) is 3.48. The summed E-state index contributed by atoms with van der Waals surface area (Å²) < 4.78 is 5.38. The quantitative estimate of drug-likeness (QED) is 0.832. The molecule has 0 aliphatic rings. The Morgan fingerprint density at radius 3 is 2.73 bits per heavy atom. The van der Waals surface area contributed by atoms with Crippen LogP contribution in [0.25, 0.3) is 0 Å². The highest BCUT2D eigenvalue weighted by Gasteiger charge is 2.16. The van der Waals surface area contributed by atoms with E-state index < -0.39 is 0 Å². The first-order valence-electron chi connectivity index (χ1n) is 4.62. The molecule has 1 aromatic rings. The molecule has 0 amide bonds. The summed E-state index contributed by atoms with van der Waals surface area (Å²) in [5.74, 6) is -0.261. The Labute approximate surface area is 98.4 Å². The van der Waals surface area contributed by atoms with Crippen LogP contribution in [0, 0.1) is 0 Å². The second kappa shape index (κ2) is 5.49. The molecular formula is C10H14ClNO2S. The van der Waals surface area contributed by atoms with E-state index in [0.717, 1.165) is 9.90 Å². The van der Waals surface area contributed by atoms with E-state index in [9.17, 15) is 4.79 Å². The predicted octanol–water partition coefficient (Wildman–Crippen LogP) is 2.61. The minimum Gasteiger partial charge on any atom is -0.468 e. The fraction of sp³-hybridized carbons (Fsp3) is 0.500. The van der Waals surface area contributed by atoms with E-state index in [2.05, 4.69) is 10.1 Å². The highest BCUT2D eigenvalue weighted by atomic mass is 35.5. The molecule has 0 aromatic carbocycles. The van der Waals surface area contributed by atoms with Crippen molar-refractivity contribution in [2.45, 2.75) is 25.9 Å². The van der Waals surface area contributed by atoms with Crippen LogP contribution in [0.3, 0.4) is 0 Å². The highest BCUT2D eigenvalue weighted by molar-refractivity contribution is 7.14. The number of esters is 1. The van der Waals surface area contributed by atoms with Gasteiger partial charge in [0.25, 0.3) is 0 Å². The Morgan fingerprint density at radius 1 is 1.60 bits per heavy atom. The number of hydrogen-bond donors (Lipinski definition) is 1. The molecule has 0 spiro atoms. The van der Waals surface area contributed by atoms with Gasteiger partial charge in [0.05, 0.1) is 11.4 Å². The molecule has 0 aliphatic carbocycles. The van der Waals surface area contributed by atoms with Crippen molar-refractivity contribution in [1.82, 2.24) is 5.32 Å². The van der Waals surface area contributed by atoms with Gasteiger partial charge in [-0.15, -0.1) is 11.3 Å². The predicted molar refractivity (Wildman–Crippen MR) is 62.4 cm³/mol. The van der Waals surface area contributed by atoms with Gasteiger partial charge in [0.2, 0.25) is 0 Å². The van der Waals surface area contributed by atoms with Crippen molar-refractivity contribution in [1.29, 1.82) is 0 Å². The molecule has 1 rings (SSSR count). The van der Waals surface area contributed by atoms with Crippen LogP contribution in [0.15, 0.2) is 11.4 Å². The van der Waals surface area contributed by atoms with Gasteiger partial charge in [-0.2, -0.15) is 0 Å². The highest BCUT2D eigenvalue weighted by Crippen LogP contribution is 2.24. The second-order valence-corrected chi connectivity index (χ2v) is 4.86. The molecule has 1 heterocycles. The van der Waals surface area contributed by atoms with E-state index in [1.54, 1.807) is 6.92 Å². The summed E-state index contributed by atoms with van der Waals surface area (Å²) in [5, 5.41) is 5.11. The fourth-order valence-electron chi connectivity index (χ4n) is 1.27. The van der Waals surface area contributed by atoms with Crippen LogP contribution >= 0.6 is 22.9 Å². The minimum absolute atomic E-state index is 0.0860. The van der Waals surface area contributed by atoms with Gasteiger partial charge in [-0.25, -0.2) is 0 Å². The molecule has 0 saturated carbocycles. The van der Waals surface area contributed by atoms with Crippen molar-refractivity contribution in [3.63, 3.8) is 0 Å². The summed E-state index contributed by atoms with van der Waals surface area (Å²) in [7, 11) is 1.38. The van der Waals surface area contributed by atoms with Crippen molar-refractivity contribution >= 4 is 28.9 Å². The number of halogens is 1. The normalized spacial score (nSPS) is 14.7. The van der Waals surface area contributed by atoms with E-state index in [1.807, 2.05) is 18.4 Å². The number of rotatable bonds is 4. The Bertz CT molecular complexity index is 340. The molecule has 1 aromatic heterocycles. The van der Waals surface area contributed by atoms with E-state index in [-0.39, 0.29) is 18.1 Å². The van der Waals surface area contributed by atoms with Gasteiger partial charge in [-0.1, -0.05) is 11.6 Å². The zero-order valence-electron chi connectivity index (χ0n) is 8.91. The average Bonchev–Trinajstić information content (AvgIpc) is 2.63. The molecule has 5 heteroatoms. The van der Waals surface area contributed by atoms with Gasteiger partial charge < -0.3 is 4.74 Å². The Hall–Kier alpha value is -0.580. The van der Waals surface area contributed by atoms with Gasteiger partial charge in [-0.05, 0) is 30.9 Å². The molecule has 0 fully saturated rings. The summed E-state index contributed by atoms with van der Waals surface area (Å²) in [5.41, 5.74) is 1.08. The molecule has 84 valence electrons. The first-order chi connectivity index (χ1) is 7.04. The minimum atomic E-state index is -0.316. The number of thiophene rings is 1. The molecular weight excluding hydrogens is 234 g/mol. The molecule has 0 aliphatic heterocycles. The topological polar surface area (TPSA) is 38.3 Å². The smallest absolute Gasteiger partial charge is 0.322 e. The number of nitrogens with one attached hydrogen (secondary N) is 1. The zero-order valence-corrected chi connectivity index (χ0v) is 10.5. The molecule has 0 saturated heterocycles. The van der Waals surface area contributed by atoms with Crippen LogP contribution < -0.4 is 5.32 Å². The Kier molecular flexibility index (Phi) is 4.57. The van der Waals surface area contributed by atoms with Gasteiger partial charge in [-0.3, -0.25) is 10.1 Å². The van der Waals surface area contributed by atoms with Crippen molar-refractivity contribution in [3.8, 4) is 0 Å². The maximum Gasteiger partial charge on any atom is 0.322 e. The standard InChI is InChI=1S/C10H14ClNO2S/c1-6(8-4-9(11)15-5-8)12-7(2)10(13)14-3/h4-7,12H,1-3H3/t6?,7-/m0/s1. The van der Waals surface area contributed by atoms with Crippen molar-refractivity contribution in [2.75, 3.05) is 7.11 Å². The van der Waals surface area contributed by atoms with Gasteiger partial charge in [0.15, 0.2) is 0 Å². The van der Waals surface area contributed by atoms with Crippen LogP contribution in [0.4, 0.5) is 0 Å². The maximum atomic E-state index is 11.2. The van der Waals surface area contributed by atoms with Crippen LogP contribution in [0.5, 0.6) is 0 Å². The van der Waals surface area contributed by atoms with Crippen LogP contribution in [0.1, 0.15) is 25.5 Å². The number of hydrogen-bond acceptors (Lipinski definition) is 4. The van der Waals surface area contributed by atoms with E-state index in [4.69, 9.17) is 11.6 Å². The Balaban J connectivity index is 2.55. The molecule has 2 atom stereocenters. The first kappa shape index (κ1) is 12.5. The number of carbonyl (C=O) groups is 1. The van der Waals surface area contributed by atoms with Crippen molar-refractivity contribution in [2.24, 2.45) is 0 Å². The SMILES string of the molecule is COC(=O)[C@H](C)NC(C)c1csc(Cl)c1. The molecule has 0 radical (unpaired) electrons. The lowest BCUT2D eigenvalue weighted by Gasteiger charge is -2.17.